The Morgan fingerprint density at radius 3 is 2.42 bits per heavy atom. The molecule has 0 amide bonds. The molecule has 0 aliphatic carbocycles. The van der Waals surface area contributed by atoms with Crippen LogP contribution in [-0.4, -0.2) is 0 Å². The molecule has 0 radical (unpaired) electrons. The van der Waals surface area contributed by atoms with Crippen LogP contribution in [0.1, 0.15) is 34.9 Å². The van der Waals surface area contributed by atoms with Gasteiger partial charge in [0.1, 0.15) is 5.82 Å². The molecule has 0 spiro atoms. The molecule has 0 aliphatic rings. The highest BCUT2D eigenvalue weighted by Gasteiger charge is 2.09. The highest BCUT2D eigenvalue weighted by Crippen LogP contribution is 2.27. The van der Waals surface area contributed by atoms with Crippen molar-refractivity contribution in [3.63, 3.8) is 0 Å². The van der Waals surface area contributed by atoms with Gasteiger partial charge in [0, 0.05) is 4.83 Å². The lowest BCUT2D eigenvalue weighted by Crippen LogP contribution is -1.96. The van der Waals surface area contributed by atoms with Crippen LogP contribution in [0.2, 0.25) is 0 Å². The molecule has 0 fully saturated rings. The number of hydrogen-bond donors (Lipinski definition) is 0. The van der Waals surface area contributed by atoms with Crippen LogP contribution in [0.3, 0.4) is 0 Å². The van der Waals surface area contributed by atoms with Crippen LogP contribution in [0.25, 0.3) is 0 Å². The van der Waals surface area contributed by atoms with Gasteiger partial charge in [0.05, 0.1) is 0 Å². The van der Waals surface area contributed by atoms with Crippen LogP contribution in [0.15, 0.2) is 48.5 Å². The van der Waals surface area contributed by atoms with Gasteiger partial charge in [-0.1, -0.05) is 65.7 Å². The first-order valence-corrected chi connectivity index (χ1v) is 7.58. The summed E-state index contributed by atoms with van der Waals surface area (Å²) in [5, 5.41) is 0. The maximum absolute atomic E-state index is 13.1. The number of alkyl halides is 1. The van der Waals surface area contributed by atoms with Gasteiger partial charge >= 0.3 is 0 Å². The Labute approximate surface area is 122 Å². The highest BCUT2D eigenvalue weighted by atomic mass is 79.9. The van der Waals surface area contributed by atoms with Gasteiger partial charge in [-0.15, -0.1) is 0 Å². The number of rotatable bonds is 5. The van der Waals surface area contributed by atoms with E-state index in [0.717, 1.165) is 18.4 Å². The van der Waals surface area contributed by atoms with E-state index in [1.165, 1.54) is 23.6 Å². The van der Waals surface area contributed by atoms with Gasteiger partial charge < -0.3 is 0 Å². The van der Waals surface area contributed by atoms with Crippen LogP contribution >= 0.6 is 15.9 Å². The standard InChI is InChI=1S/C17H18BrF/c1-2-4-13-7-9-15(10-8-13)17(18)12-14-5-3-6-16(19)11-14/h3,5-11,17H,2,4,12H2,1H3. The molecule has 0 heterocycles. The third-order valence-corrected chi connectivity index (χ3v) is 4.04. The van der Waals surface area contributed by atoms with Crippen LogP contribution in [0.4, 0.5) is 4.39 Å². The Morgan fingerprint density at radius 1 is 1.05 bits per heavy atom. The molecule has 0 bridgehead atoms. The van der Waals surface area contributed by atoms with E-state index in [-0.39, 0.29) is 10.6 Å². The smallest absolute Gasteiger partial charge is 0.123 e. The molecule has 0 saturated carbocycles. The molecule has 0 N–H and O–H groups in total. The minimum absolute atomic E-state index is 0.171. The maximum Gasteiger partial charge on any atom is 0.123 e. The Hall–Kier alpha value is -1.15. The molecule has 19 heavy (non-hydrogen) atoms. The summed E-state index contributed by atoms with van der Waals surface area (Å²) in [7, 11) is 0. The zero-order valence-electron chi connectivity index (χ0n) is 11.1. The van der Waals surface area contributed by atoms with Crippen molar-refractivity contribution in [1.29, 1.82) is 0 Å². The van der Waals surface area contributed by atoms with E-state index >= 15 is 0 Å². The number of halogens is 2. The van der Waals surface area contributed by atoms with E-state index in [4.69, 9.17) is 0 Å². The fourth-order valence-electron chi connectivity index (χ4n) is 2.17. The van der Waals surface area contributed by atoms with E-state index in [1.807, 2.05) is 6.07 Å². The van der Waals surface area contributed by atoms with Crippen molar-refractivity contribution in [3.8, 4) is 0 Å². The van der Waals surface area contributed by atoms with E-state index in [9.17, 15) is 4.39 Å². The molecule has 2 aromatic rings. The summed E-state index contributed by atoms with van der Waals surface area (Å²) in [5.41, 5.74) is 3.63. The quantitative estimate of drug-likeness (QED) is 0.642. The van der Waals surface area contributed by atoms with Gasteiger partial charge in [-0.3, -0.25) is 0 Å². The van der Waals surface area contributed by atoms with Crippen LogP contribution in [0.5, 0.6) is 0 Å². The fourth-order valence-corrected chi connectivity index (χ4v) is 2.85. The Morgan fingerprint density at radius 2 is 1.79 bits per heavy atom. The molecule has 0 aliphatic heterocycles. The fraction of sp³-hybridized carbons (Fsp3) is 0.294. The second-order valence-corrected chi connectivity index (χ2v) is 5.90. The first kappa shape index (κ1) is 14.3. The monoisotopic (exact) mass is 320 g/mol. The van der Waals surface area contributed by atoms with Gasteiger partial charge in [0.25, 0.3) is 0 Å². The molecule has 1 unspecified atom stereocenters. The Balaban J connectivity index is 2.05. The topological polar surface area (TPSA) is 0 Å². The van der Waals surface area contributed by atoms with Gasteiger partial charge in [-0.2, -0.15) is 0 Å². The molecule has 2 rings (SSSR count). The van der Waals surface area contributed by atoms with E-state index in [1.54, 1.807) is 12.1 Å². The van der Waals surface area contributed by atoms with Crippen LogP contribution in [-0.2, 0) is 12.8 Å². The van der Waals surface area contributed by atoms with Crippen molar-refractivity contribution in [2.75, 3.05) is 0 Å². The highest BCUT2D eigenvalue weighted by molar-refractivity contribution is 9.09. The lowest BCUT2D eigenvalue weighted by molar-refractivity contribution is 0.625. The predicted octanol–water partition coefficient (Wildman–Crippen LogP) is 5.46. The van der Waals surface area contributed by atoms with Crippen molar-refractivity contribution < 1.29 is 4.39 Å². The van der Waals surface area contributed by atoms with Crippen molar-refractivity contribution in [3.05, 3.63) is 71.0 Å². The normalized spacial score (nSPS) is 12.4. The summed E-state index contributed by atoms with van der Waals surface area (Å²) in [5.74, 6) is -0.171. The third kappa shape index (κ3) is 4.17. The summed E-state index contributed by atoms with van der Waals surface area (Å²) >= 11 is 3.69. The summed E-state index contributed by atoms with van der Waals surface area (Å²) in [6, 6.07) is 15.5. The average molecular weight is 321 g/mol. The second-order valence-electron chi connectivity index (χ2n) is 4.79. The number of hydrogen-bond acceptors (Lipinski definition) is 0. The minimum atomic E-state index is -0.171. The summed E-state index contributed by atoms with van der Waals surface area (Å²) in [6.45, 7) is 2.19. The van der Waals surface area contributed by atoms with Crippen LogP contribution in [0, 0.1) is 5.82 Å². The molecule has 0 aromatic heterocycles. The minimum Gasteiger partial charge on any atom is -0.207 e. The van der Waals surface area contributed by atoms with E-state index in [0.29, 0.717) is 0 Å². The molecule has 0 nitrogen and oxygen atoms in total. The largest absolute Gasteiger partial charge is 0.207 e. The second kappa shape index (κ2) is 6.85. The lowest BCUT2D eigenvalue weighted by atomic mass is 10.0. The molecule has 2 heteroatoms. The van der Waals surface area contributed by atoms with Crippen molar-refractivity contribution in [1.82, 2.24) is 0 Å². The maximum atomic E-state index is 13.1. The number of aryl methyl sites for hydroxylation is 1. The molecule has 2 aromatic carbocycles. The summed E-state index contributed by atoms with van der Waals surface area (Å²) in [6.07, 6.45) is 3.09. The van der Waals surface area contributed by atoms with Crippen molar-refractivity contribution in [2.45, 2.75) is 31.0 Å². The first-order valence-electron chi connectivity index (χ1n) is 6.66. The van der Waals surface area contributed by atoms with Crippen LogP contribution < -0.4 is 0 Å². The zero-order chi connectivity index (χ0) is 13.7. The van der Waals surface area contributed by atoms with Crippen molar-refractivity contribution >= 4 is 15.9 Å². The third-order valence-electron chi connectivity index (χ3n) is 3.18. The molecule has 100 valence electrons. The molecule has 0 saturated heterocycles. The van der Waals surface area contributed by atoms with Gasteiger partial charge in [0.2, 0.25) is 0 Å². The SMILES string of the molecule is CCCc1ccc(C(Br)Cc2cccc(F)c2)cc1. The molecular formula is C17H18BrF. The lowest BCUT2D eigenvalue weighted by Gasteiger charge is -2.11. The molecule has 1 atom stereocenters. The van der Waals surface area contributed by atoms with Gasteiger partial charge in [0.15, 0.2) is 0 Å². The van der Waals surface area contributed by atoms with Gasteiger partial charge in [-0.25, -0.2) is 4.39 Å². The van der Waals surface area contributed by atoms with Gasteiger partial charge in [-0.05, 0) is 41.7 Å². The number of benzene rings is 2. The Kier molecular flexibility index (Phi) is 5.15. The average Bonchev–Trinajstić information content (AvgIpc) is 2.40. The van der Waals surface area contributed by atoms with E-state index < -0.39 is 0 Å². The van der Waals surface area contributed by atoms with Crippen molar-refractivity contribution in [2.24, 2.45) is 0 Å². The van der Waals surface area contributed by atoms with E-state index in [2.05, 4.69) is 47.1 Å². The zero-order valence-corrected chi connectivity index (χ0v) is 12.7. The molecular weight excluding hydrogens is 303 g/mol. The predicted molar refractivity (Wildman–Crippen MR) is 82.2 cm³/mol. The first-order chi connectivity index (χ1) is 9.19. The summed E-state index contributed by atoms with van der Waals surface area (Å²) < 4.78 is 13.1. The Bertz CT molecular complexity index is 519. The summed E-state index contributed by atoms with van der Waals surface area (Å²) in [4.78, 5) is 0.227.